The molecule has 2 atom stereocenters. The van der Waals surface area contributed by atoms with Crippen LogP contribution in [0, 0.1) is 0 Å². The first-order valence-electron chi connectivity index (χ1n) is 5.77. The highest BCUT2D eigenvalue weighted by Crippen LogP contribution is 2.45. The lowest BCUT2D eigenvalue weighted by Crippen LogP contribution is -2.25. The molecular formula is C11H18NO5PS. The predicted molar refractivity (Wildman–Crippen MR) is 73.8 cm³/mol. The van der Waals surface area contributed by atoms with E-state index < -0.39 is 29.0 Å². The van der Waals surface area contributed by atoms with Gasteiger partial charge >= 0.3 is 0 Å². The third kappa shape index (κ3) is 6.31. The van der Waals surface area contributed by atoms with E-state index in [9.17, 15) is 17.9 Å². The molecule has 0 aliphatic rings. The molecule has 4 N–H and O–H groups in total. The zero-order valence-corrected chi connectivity index (χ0v) is 12.1. The molecule has 0 saturated carbocycles. The molecule has 8 heteroatoms. The molecule has 108 valence electrons. The second kappa shape index (κ2) is 6.63. The Hall–Kier alpha value is -0.720. The molecule has 0 aliphatic heterocycles. The summed E-state index contributed by atoms with van der Waals surface area (Å²) in [7, 11) is -7.79. The van der Waals surface area contributed by atoms with Gasteiger partial charge in [0.1, 0.15) is 0 Å². The van der Waals surface area contributed by atoms with Crippen LogP contribution in [0.15, 0.2) is 30.3 Å². The van der Waals surface area contributed by atoms with E-state index in [0.29, 0.717) is 6.42 Å². The molecule has 0 bridgehead atoms. The van der Waals surface area contributed by atoms with Crippen molar-refractivity contribution in [3.05, 3.63) is 35.9 Å². The molecule has 6 nitrogen and oxygen atoms in total. The molecule has 1 aromatic rings. The SMILES string of the molecule is NC(CCS(=O)(=O)O)P(=O)(O)CCc1ccccc1. The van der Waals surface area contributed by atoms with Crippen LogP contribution in [0.2, 0.25) is 0 Å². The number of rotatable bonds is 7. The maximum Gasteiger partial charge on any atom is 0.264 e. The van der Waals surface area contributed by atoms with E-state index in [4.69, 9.17) is 10.3 Å². The van der Waals surface area contributed by atoms with Crippen LogP contribution in [0.1, 0.15) is 12.0 Å². The van der Waals surface area contributed by atoms with Gasteiger partial charge in [-0.25, -0.2) is 0 Å². The lowest BCUT2D eigenvalue weighted by molar-refractivity contribution is 0.456. The van der Waals surface area contributed by atoms with Crippen LogP contribution in [0.5, 0.6) is 0 Å². The molecule has 1 rings (SSSR count). The standard InChI is InChI=1S/C11H18NO5PS/c12-11(7-9-19(15,16)17)18(13,14)8-6-10-4-2-1-3-5-10/h1-5,11H,6-9,12H2,(H,13,14)(H,15,16,17). The van der Waals surface area contributed by atoms with Crippen molar-refractivity contribution in [2.75, 3.05) is 11.9 Å². The quantitative estimate of drug-likeness (QED) is 0.512. The average molecular weight is 307 g/mol. The minimum Gasteiger partial charge on any atom is -0.343 e. The number of hydrogen-bond donors (Lipinski definition) is 3. The summed E-state index contributed by atoms with van der Waals surface area (Å²) in [6.07, 6.45) is 0.152. The van der Waals surface area contributed by atoms with E-state index in [-0.39, 0.29) is 12.6 Å². The van der Waals surface area contributed by atoms with Crippen molar-refractivity contribution in [3.8, 4) is 0 Å². The third-order valence-electron chi connectivity index (χ3n) is 2.75. The number of benzene rings is 1. The van der Waals surface area contributed by atoms with Gasteiger partial charge in [-0.05, 0) is 18.4 Å². The van der Waals surface area contributed by atoms with Gasteiger partial charge in [-0.3, -0.25) is 9.12 Å². The summed E-state index contributed by atoms with van der Waals surface area (Å²) < 4.78 is 41.7. The van der Waals surface area contributed by atoms with Crippen molar-refractivity contribution in [3.63, 3.8) is 0 Å². The Morgan fingerprint density at radius 1 is 1.26 bits per heavy atom. The van der Waals surface area contributed by atoms with Crippen molar-refractivity contribution in [1.82, 2.24) is 0 Å². The molecular weight excluding hydrogens is 289 g/mol. The molecule has 0 saturated heterocycles. The van der Waals surface area contributed by atoms with Crippen LogP contribution in [0.4, 0.5) is 0 Å². The molecule has 0 aliphatic carbocycles. The molecule has 0 amide bonds. The fraction of sp³-hybridized carbons (Fsp3) is 0.455. The molecule has 1 aromatic carbocycles. The van der Waals surface area contributed by atoms with E-state index >= 15 is 0 Å². The van der Waals surface area contributed by atoms with E-state index in [1.54, 1.807) is 0 Å². The smallest absolute Gasteiger partial charge is 0.264 e. The molecule has 0 heterocycles. The highest BCUT2D eigenvalue weighted by atomic mass is 32.2. The maximum absolute atomic E-state index is 12.0. The van der Waals surface area contributed by atoms with Gasteiger partial charge in [0.15, 0.2) is 0 Å². The molecule has 0 radical (unpaired) electrons. The zero-order valence-electron chi connectivity index (χ0n) is 10.3. The minimum atomic E-state index is -4.16. The van der Waals surface area contributed by atoms with Crippen LogP contribution in [-0.4, -0.2) is 35.6 Å². The maximum atomic E-state index is 12.0. The topological polar surface area (TPSA) is 118 Å². The average Bonchev–Trinajstić information content (AvgIpc) is 2.34. The number of nitrogens with two attached hydrogens (primary N) is 1. The summed E-state index contributed by atoms with van der Waals surface area (Å²) in [6.45, 7) is 0. The van der Waals surface area contributed by atoms with Crippen molar-refractivity contribution in [2.45, 2.75) is 18.6 Å². The Bertz CT molecular complexity index is 545. The van der Waals surface area contributed by atoms with Crippen molar-refractivity contribution < 1.29 is 22.4 Å². The Balaban J connectivity index is 2.53. The Kier molecular flexibility index (Phi) is 5.70. The monoisotopic (exact) mass is 307 g/mol. The lowest BCUT2D eigenvalue weighted by Gasteiger charge is -2.18. The Labute approximate surface area is 112 Å². The second-order valence-corrected chi connectivity index (χ2v) is 8.55. The molecule has 2 unspecified atom stereocenters. The van der Waals surface area contributed by atoms with Gasteiger partial charge in [0.2, 0.25) is 7.37 Å². The van der Waals surface area contributed by atoms with Crippen molar-refractivity contribution in [1.29, 1.82) is 0 Å². The minimum absolute atomic E-state index is 0.0103. The molecule has 0 fully saturated rings. The highest BCUT2D eigenvalue weighted by molar-refractivity contribution is 7.85. The summed E-state index contributed by atoms with van der Waals surface area (Å²) in [5.41, 5.74) is 6.45. The van der Waals surface area contributed by atoms with E-state index in [2.05, 4.69) is 0 Å². The highest BCUT2D eigenvalue weighted by Gasteiger charge is 2.28. The van der Waals surface area contributed by atoms with E-state index in [1.165, 1.54) is 0 Å². The summed E-state index contributed by atoms with van der Waals surface area (Å²) >= 11 is 0. The zero-order chi connectivity index (χ0) is 14.5. The Morgan fingerprint density at radius 3 is 2.37 bits per heavy atom. The molecule has 0 spiro atoms. The second-order valence-electron chi connectivity index (χ2n) is 4.36. The number of aryl methyl sites for hydroxylation is 1. The summed E-state index contributed by atoms with van der Waals surface area (Å²) in [5.74, 6) is -1.75. The molecule has 0 aromatic heterocycles. The van der Waals surface area contributed by atoms with Crippen molar-refractivity contribution in [2.24, 2.45) is 5.73 Å². The first-order valence-corrected chi connectivity index (χ1v) is 9.29. The van der Waals surface area contributed by atoms with Gasteiger partial charge in [-0.1, -0.05) is 30.3 Å². The van der Waals surface area contributed by atoms with Crippen LogP contribution < -0.4 is 5.73 Å². The van der Waals surface area contributed by atoms with Crippen LogP contribution in [0.3, 0.4) is 0 Å². The summed E-state index contributed by atoms with van der Waals surface area (Å²) in [4.78, 5) is 9.80. The first-order chi connectivity index (χ1) is 8.71. The van der Waals surface area contributed by atoms with Crippen LogP contribution in [-0.2, 0) is 21.1 Å². The van der Waals surface area contributed by atoms with Crippen LogP contribution >= 0.6 is 7.37 Å². The Morgan fingerprint density at radius 2 is 1.84 bits per heavy atom. The van der Waals surface area contributed by atoms with Gasteiger partial charge < -0.3 is 10.6 Å². The summed E-state index contributed by atoms with van der Waals surface area (Å²) in [6, 6.07) is 9.18. The molecule has 19 heavy (non-hydrogen) atoms. The first kappa shape index (κ1) is 16.3. The number of hydrogen-bond acceptors (Lipinski definition) is 4. The van der Waals surface area contributed by atoms with Gasteiger partial charge in [0, 0.05) is 6.16 Å². The lowest BCUT2D eigenvalue weighted by atomic mass is 10.2. The van der Waals surface area contributed by atoms with Gasteiger partial charge in [-0.15, -0.1) is 0 Å². The van der Waals surface area contributed by atoms with Gasteiger partial charge in [0.05, 0.1) is 11.5 Å². The van der Waals surface area contributed by atoms with Gasteiger partial charge in [0.25, 0.3) is 10.1 Å². The van der Waals surface area contributed by atoms with Crippen molar-refractivity contribution >= 4 is 17.5 Å². The fourth-order valence-electron chi connectivity index (χ4n) is 1.57. The predicted octanol–water partition coefficient (Wildman–Crippen LogP) is 1.06. The van der Waals surface area contributed by atoms with Crippen LogP contribution in [0.25, 0.3) is 0 Å². The fourth-order valence-corrected chi connectivity index (χ4v) is 3.74. The van der Waals surface area contributed by atoms with E-state index in [0.717, 1.165) is 5.56 Å². The summed E-state index contributed by atoms with van der Waals surface area (Å²) in [5, 5.41) is 0. The largest absolute Gasteiger partial charge is 0.343 e. The third-order valence-corrected chi connectivity index (χ3v) is 5.66. The van der Waals surface area contributed by atoms with E-state index in [1.807, 2.05) is 30.3 Å². The normalized spacial score (nSPS) is 16.8. The van der Waals surface area contributed by atoms with Gasteiger partial charge in [-0.2, -0.15) is 8.42 Å².